The standard InChI is InChI=1S/C28H30ClF3N2O2.ClH/c1-20(22-9-3-2-4-10-22)18-34(19-23-11-6-13-25(27(23)29)28(30,31)32)14-7-15-36-24-12-5-8-21(16-24)17-26(33)35;/h2-6,8-13,16,20H,7,14-15,17-19H2,1H3,(H2,33,35);1H/t20-;/m0./s1. The lowest BCUT2D eigenvalue weighted by Gasteiger charge is -2.27. The van der Waals surface area contributed by atoms with Gasteiger partial charge in [0.15, 0.2) is 0 Å². The average molecular weight is 555 g/mol. The largest absolute Gasteiger partial charge is 0.494 e. The van der Waals surface area contributed by atoms with Crippen molar-refractivity contribution in [1.29, 1.82) is 0 Å². The van der Waals surface area contributed by atoms with Crippen LogP contribution >= 0.6 is 24.0 Å². The van der Waals surface area contributed by atoms with Gasteiger partial charge in [0.25, 0.3) is 0 Å². The zero-order valence-electron chi connectivity index (χ0n) is 20.5. The number of hydrogen-bond acceptors (Lipinski definition) is 3. The van der Waals surface area contributed by atoms with Gasteiger partial charge in [-0.2, -0.15) is 13.2 Å². The maximum Gasteiger partial charge on any atom is 0.417 e. The first kappa shape index (κ1) is 30.5. The van der Waals surface area contributed by atoms with E-state index in [9.17, 15) is 18.0 Å². The fourth-order valence-corrected chi connectivity index (χ4v) is 4.39. The van der Waals surface area contributed by atoms with Gasteiger partial charge in [-0.3, -0.25) is 9.69 Å². The fraction of sp³-hybridized carbons (Fsp3) is 0.321. The summed E-state index contributed by atoms with van der Waals surface area (Å²) >= 11 is 6.18. The Morgan fingerprint density at radius 2 is 1.76 bits per heavy atom. The summed E-state index contributed by atoms with van der Waals surface area (Å²) in [6.45, 7) is 4.03. The van der Waals surface area contributed by atoms with Crippen LogP contribution in [-0.2, 0) is 23.9 Å². The minimum atomic E-state index is -4.51. The summed E-state index contributed by atoms with van der Waals surface area (Å²) in [6.07, 6.45) is -3.72. The number of primary amides is 1. The Labute approximate surface area is 227 Å². The van der Waals surface area contributed by atoms with Gasteiger partial charge in [-0.25, -0.2) is 0 Å². The Hall–Kier alpha value is -2.74. The lowest BCUT2D eigenvalue weighted by Crippen LogP contribution is -2.30. The second-order valence-corrected chi connectivity index (χ2v) is 9.19. The molecule has 0 saturated heterocycles. The maximum absolute atomic E-state index is 13.4. The number of carbonyl (C=O) groups excluding carboxylic acids is 1. The Morgan fingerprint density at radius 3 is 2.43 bits per heavy atom. The van der Waals surface area contributed by atoms with Crippen molar-refractivity contribution < 1.29 is 22.7 Å². The van der Waals surface area contributed by atoms with E-state index in [2.05, 4.69) is 11.8 Å². The first-order valence-electron chi connectivity index (χ1n) is 11.8. The third-order valence-corrected chi connectivity index (χ3v) is 6.29. The monoisotopic (exact) mass is 554 g/mol. The quantitative estimate of drug-likeness (QED) is 0.248. The van der Waals surface area contributed by atoms with Crippen LogP contribution in [0, 0.1) is 0 Å². The lowest BCUT2D eigenvalue weighted by molar-refractivity contribution is -0.137. The molecule has 0 radical (unpaired) electrons. The van der Waals surface area contributed by atoms with Crippen molar-refractivity contribution in [2.24, 2.45) is 5.73 Å². The van der Waals surface area contributed by atoms with Crippen LogP contribution in [0.1, 0.15) is 41.5 Å². The van der Waals surface area contributed by atoms with Crippen LogP contribution in [0.15, 0.2) is 72.8 Å². The van der Waals surface area contributed by atoms with Gasteiger partial charge in [0.2, 0.25) is 5.91 Å². The zero-order valence-corrected chi connectivity index (χ0v) is 22.1. The number of alkyl halides is 3. The van der Waals surface area contributed by atoms with E-state index in [0.29, 0.717) is 37.4 Å². The molecule has 3 rings (SSSR count). The molecule has 3 aromatic carbocycles. The molecule has 9 heteroatoms. The van der Waals surface area contributed by atoms with Gasteiger partial charge in [-0.1, -0.05) is 73.1 Å². The fourth-order valence-electron chi connectivity index (χ4n) is 4.10. The normalized spacial score (nSPS) is 12.2. The summed E-state index contributed by atoms with van der Waals surface area (Å²) in [4.78, 5) is 13.3. The van der Waals surface area contributed by atoms with E-state index in [1.807, 2.05) is 42.5 Å². The van der Waals surface area contributed by atoms with E-state index in [1.54, 1.807) is 18.2 Å². The summed E-state index contributed by atoms with van der Waals surface area (Å²) in [5, 5.41) is -0.259. The maximum atomic E-state index is 13.4. The highest BCUT2D eigenvalue weighted by atomic mass is 35.5. The van der Waals surface area contributed by atoms with E-state index in [1.165, 1.54) is 6.07 Å². The zero-order chi connectivity index (χ0) is 26.1. The van der Waals surface area contributed by atoms with Crippen LogP contribution in [0.2, 0.25) is 5.02 Å². The van der Waals surface area contributed by atoms with Gasteiger partial charge >= 0.3 is 6.18 Å². The van der Waals surface area contributed by atoms with Gasteiger partial charge in [0, 0.05) is 19.6 Å². The van der Waals surface area contributed by atoms with Gasteiger partial charge in [0.05, 0.1) is 23.6 Å². The van der Waals surface area contributed by atoms with Crippen molar-refractivity contribution in [3.05, 3.63) is 100 Å². The van der Waals surface area contributed by atoms with Crippen LogP contribution in [0.5, 0.6) is 5.75 Å². The third-order valence-electron chi connectivity index (χ3n) is 5.84. The van der Waals surface area contributed by atoms with Gasteiger partial charge in [-0.15, -0.1) is 12.4 Å². The minimum absolute atomic E-state index is 0. The molecular formula is C28H31Cl2F3N2O2. The number of amides is 1. The molecule has 0 aliphatic rings. The minimum Gasteiger partial charge on any atom is -0.494 e. The van der Waals surface area contributed by atoms with Crippen molar-refractivity contribution >= 4 is 29.9 Å². The van der Waals surface area contributed by atoms with E-state index in [4.69, 9.17) is 22.1 Å². The summed E-state index contributed by atoms with van der Waals surface area (Å²) in [7, 11) is 0. The number of nitrogens with zero attached hydrogens (tertiary/aromatic N) is 1. The van der Waals surface area contributed by atoms with Gasteiger partial charge < -0.3 is 10.5 Å². The predicted molar refractivity (Wildman–Crippen MR) is 143 cm³/mol. The molecule has 0 bridgehead atoms. The number of ether oxygens (including phenoxy) is 1. The summed E-state index contributed by atoms with van der Waals surface area (Å²) in [5.41, 5.74) is 6.80. The summed E-state index contributed by atoms with van der Waals surface area (Å²) in [6, 6.07) is 21.2. The molecule has 0 heterocycles. The van der Waals surface area contributed by atoms with Crippen LogP contribution < -0.4 is 10.5 Å². The first-order valence-corrected chi connectivity index (χ1v) is 12.1. The second kappa shape index (κ2) is 14.3. The van der Waals surface area contributed by atoms with E-state index in [-0.39, 0.29) is 36.3 Å². The molecule has 1 amide bonds. The molecule has 0 aliphatic carbocycles. The highest BCUT2D eigenvalue weighted by Crippen LogP contribution is 2.36. The summed E-state index contributed by atoms with van der Waals surface area (Å²) < 4.78 is 45.9. The Kier molecular flexibility index (Phi) is 11.8. The molecule has 4 nitrogen and oxygen atoms in total. The molecule has 0 fully saturated rings. The number of rotatable bonds is 12. The average Bonchev–Trinajstić information content (AvgIpc) is 2.82. The lowest BCUT2D eigenvalue weighted by atomic mass is 10.00. The number of halogens is 5. The topological polar surface area (TPSA) is 55.6 Å². The Bertz CT molecular complexity index is 1140. The number of carbonyl (C=O) groups is 1. The van der Waals surface area contributed by atoms with Crippen molar-refractivity contribution in [3.8, 4) is 5.75 Å². The molecule has 37 heavy (non-hydrogen) atoms. The highest BCUT2D eigenvalue weighted by Gasteiger charge is 2.34. The smallest absolute Gasteiger partial charge is 0.417 e. The Morgan fingerprint density at radius 1 is 1.05 bits per heavy atom. The van der Waals surface area contributed by atoms with Crippen LogP contribution in [-0.4, -0.2) is 30.5 Å². The molecule has 3 aromatic rings. The molecule has 0 saturated carbocycles. The molecule has 0 aromatic heterocycles. The van der Waals surface area contributed by atoms with Crippen molar-refractivity contribution in [3.63, 3.8) is 0 Å². The SMILES string of the molecule is C[C@@H](CN(CCCOc1cccc(CC(N)=O)c1)Cc1cccc(C(F)(F)F)c1Cl)c1ccccc1.Cl. The van der Waals surface area contributed by atoms with Crippen LogP contribution in [0.25, 0.3) is 0 Å². The van der Waals surface area contributed by atoms with Crippen molar-refractivity contribution in [2.75, 3.05) is 19.7 Å². The first-order chi connectivity index (χ1) is 17.1. The van der Waals surface area contributed by atoms with Gasteiger partial charge in [-0.05, 0) is 47.2 Å². The molecule has 200 valence electrons. The summed E-state index contributed by atoms with van der Waals surface area (Å²) in [5.74, 6) is 0.393. The van der Waals surface area contributed by atoms with Crippen LogP contribution in [0.4, 0.5) is 13.2 Å². The van der Waals surface area contributed by atoms with Crippen molar-refractivity contribution in [1.82, 2.24) is 4.90 Å². The molecule has 0 unspecified atom stereocenters. The third kappa shape index (κ3) is 9.58. The molecule has 2 N–H and O–H groups in total. The van der Waals surface area contributed by atoms with Crippen LogP contribution in [0.3, 0.4) is 0 Å². The van der Waals surface area contributed by atoms with Gasteiger partial charge in [0.1, 0.15) is 5.75 Å². The number of nitrogens with two attached hydrogens (primary N) is 1. The number of hydrogen-bond donors (Lipinski definition) is 1. The number of benzene rings is 3. The molecule has 1 atom stereocenters. The molecular weight excluding hydrogens is 524 g/mol. The second-order valence-electron chi connectivity index (χ2n) is 8.82. The van der Waals surface area contributed by atoms with E-state index < -0.39 is 17.6 Å². The predicted octanol–water partition coefficient (Wildman–Crippen LogP) is 6.88. The van der Waals surface area contributed by atoms with E-state index in [0.717, 1.165) is 17.2 Å². The van der Waals surface area contributed by atoms with Crippen molar-refractivity contribution in [2.45, 2.75) is 38.4 Å². The molecule has 0 aliphatic heterocycles. The van der Waals surface area contributed by atoms with E-state index >= 15 is 0 Å². The Balaban J connectivity index is 0.00000481. The molecule has 0 spiro atoms. The highest BCUT2D eigenvalue weighted by molar-refractivity contribution is 6.32.